The zero-order valence-electron chi connectivity index (χ0n) is 7.75. The van der Waals surface area contributed by atoms with Gasteiger partial charge in [0.05, 0.1) is 0 Å². The van der Waals surface area contributed by atoms with Gasteiger partial charge in [0.1, 0.15) is 0 Å². The minimum absolute atomic E-state index is 0.962. The van der Waals surface area contributed by atoms with Gasteiger partial charge in [-0.3, -0.25) is 4.99 Å². The third-order valence-electron chi connectivity index (χ3n) is 1.91. The highest BCUT2D eigenvalue weighted by Gasteiger charge is 1.91. The number of dihydropyridines is 1. The smallest absolute Gasteiger partial charge is 0.0441 e. The van der Waals surface area contributed by atoms with E-state index in [9.17, 15) is 0 Å². The Morgan fingerprint density at radius 3 is 3.08 bits per heavy atom. The van der Waals surface area contributed by atoms with E-state index in [1.54, 1.807) is 0 Å². The van der Waals surface area contributed by atoms with Crippen LogP contribution in [0.25, 0.3) is 0 Å². The third kappa shape index (κ3) is 2.87. The molecule has 1 heteroatoms. The Bertz CT molecular complexity index is 254. The van der Waals surface area contributed by atoms with Gasteiger partial charge >= 0.3 is 0 Å². The molecule has 1 rings (SSSR count). The van der Waals surface area contributed by atoms with Crippen LogP contribution < -0.4 is 0 Å². The zero-order valence-corrected chi connectivity index (χ0v) is 7.75. The molecule has 0 bridgehead atoms. The molecule has 0 saturated heterocycles. The summed E-state index contributed by atoms with van der Waals surface area (Å²) in [6.45, 7) is 4.30. The first-order chi connectivity index (χ1) is 5.83. The Labute approximate surface area is 74.2 Å². The maximum Gasteiger partial charge on any atom is 0.0441 e. The molecule has 0 aromatic heterocycles. The summed E-state index contributed by atoms with van der Waals surface area (Å²) in [5, 5.41) is 0. The van der Waals surface area contributed by atoms with Crippen molar-refractivity contribution in [3.05, 3.63) is 35.6 Å². The van der Waals surface area contributed by atoms with Gasteiger partial charge in [0.15, 0.2) is 0 Å². The van der Waals surface area contributed by atoms with E-state index in [1.165, 1.54) is 5.57 Å². The Balaban J connectivity index is 2.58. The Morgan fingerprint density at radius 1 is 1.67 bits per heavy atom. The van der Waals surface area contributed by atoms with Crippen molar-refractivity contribution >= 4 is 6.21 Å². The summed E-state index contributed by atoms with van der Waals surface area (Å²) in [7, 11) is 0. The summed E-state index contributed by atoms with van der Waals surface area (Å²) in [6.07, 6.45) is 12.3. The van der Waals surface area contributed by atoms with Gasteiger partial charge in [0.2, 0.25) is 0 Å². The zero-order chi connectivity index (χ0) is 8.81. The largest absolute Gasteiger partial charge is 0.261 e. The standard InChI is InChI=1S/C11H15N/c1-3-10(2)7-8-11-6-4-5-9-12-11/h4-5,7-9H,3,6H2,1-2H3/b10-7-,11-8+. The van der Waals surface area contributed by atoms with Crippen molar-refractivity contribution < 1.29 is 0 Å². The van der Waals surface area contributed by atoms with Crippen molar-refractivity contribution in [2.45, 2.75) is 26.7 Å². The van der Waals surface area contributed by atoms with Crippen molar-refractivity contribution in [2.24, 2.45) is 4.99 Å². The highest BCUT2D eigenvalue weighted by atomic mass is 14.7. The summed E-state index contributed by atoms with van der Waals surface area (Å²) in [5.74, 6) is 0. The van der Waals surface area contributed by atoms with Gasteiger partial charge in [-0.15, -0.1) is 0 Å². The van der Waals surface area contributed by atoms with Crippen LogP contribution in [0.3, 0.4) is 0 Å². The molecule has 0 saturated carbocycles. The lowest BCUT2D eigenvalue weighted by Gasteiger charge is -1.99. The fourth-order valence-electron chi connectivity index (χ4n) is 0.908. The first kappa shape index (κ1) is 8.98. The summed E-state index contributed by atoms with van der Waals surface area (Å²) in [4.78, 5) is 4.24. The quantitative estimate of drug-likeness (QED) is 0.589. The number of aliphatic imine (C=N–C) groups is 1. The summed E-state index contributed by atoms with van der Waals surface area (Å²) >= 11 is 0. The lowest BCUT2D eigenvalue weighted by Crippen LogP contribution is -1.83. The van der Waals surface area contributed by atoms with Gasteiger partial charge < -0.3 is 0 Å². The minimum atomic E-state index is 0.962. The first-order valence-electron chi connectivity index (χ1n) is 4.38. The molecule has 0 N–H and O–H groups in total. The van der Waals surface area contributed by atoms with Crippen molar-refractivity contribution in [3.8, 4) is 0 Å². The lowest BCUT2D eigenvalue weighted by molar-refractivity contribution is 1.09. The van der Waals surface area contributed by atoms with Gasteiger partial charge in [-0.1, -0.05) is 24.6 Å². The van der Waals surface area contributed by atoms with Gasteiger partial charge in [0.25, 0.3) is 0 Å². The molecule has 1 aliphatic heterocycles. The summed E-state index contributed by atoms with van der Waals surface area (Å²) < 4.78 is 0. The summed E-state index contributed by atoms with van der Waals surface area (Å²) in [5.41, 5.74) is 2.54. The first-order valence-corrected chi connectivity index (χ1v) is 4.38. The molecule has 64 valence electrons. The van der Waals surface area contributed by atoms with Crippen molar-refractivity contribution in [1.82, 2.24) is 0 Å². The molecule has 0 unspecified atom stereocenters. The molecule has 0 aliphatic carbocycles. The van der Waals surface area contributed by atoms with Crippen LogP contribution in [0.1, 0.15) is 26.7 Å². The van der Waals surface area contributed by atoms with Crippen LogP contribution in [0.15, 0.2) is 40.6 Å². The van der Waals surface area contributed by atoms with Gasteiger partial charge in [-0.05, 0) is 25.5 Å². The van der Waals surface area contributed by atoms with E-state index in [0.29, 0.717) is 0 Å². The molecule has 0 radical (unpaired) electrons. The minimum Gasteiger partial charge on any atom is -0.261 e. The van der Waals surface area contributed by atoms with Gasteiger partial charge in [0, 0.05) is 18.3 Å². The van der Waals surface area contributed by atoms with Crippen LogP contribution in [0.4, 0.5) is 0 Å². The van der Waals surface area contributed by atoms with Gasteiger partial charge in [-0.25, -0.2) is 0 Å². The molecule has 1 nitrogen and oxygen atoms in total. The van der Waals surface area contributed by atoms with Crippen molar-refractivity contribution in [1.29, 1.82) is 0 Å². The second-order valence-corrected chi connectivity index (χ2v) is 2.94. The molecular weight excluding hydrogens is 146 g/mol. The average molecular weight is 161 g/mol. The molecule has 1 heterocycles. The van der Waals surface area contributed by atoms with Crippen LogP contribution in [0, 0.1) is 0 Å². The van der Waals surface area contributed by atoms with E-state index >= 15 is 0 Å². The van der Waals surface area contributed by atoms with Crippen LogP contribution >= 0.6 is 0 Å². The Hall–Kier alpha value is -1.11. The normalized spacial score (nSPS) is 20.5. The number of hydrogen-bond acceptors (Lipinski definition) is 1. The second kappa shape index (κ2) is 4.70. The van der Waals surface area contributed by atoms with Gasteiger partial charge in [-0.2, -0.15) is 0 Å². The average Bonchev–Trinajstić information content (AvgIpc) is 2.16. The third-order valence-corrected chi connectivity index (χ3v) is 1.91. The Morgan fingerprint density at radius 2 is 2.50 bits per heavy atom. The fraction of sp³-hybridized carbons (Fsp3) is 0.364. The molecule has 1 aliphatic rings. The number of rotatable bonds is 2. The molecule has 0 atom stereocenters. The molecule has 0 fully saturated rings. The van der Waals surface area contributed by atoms with E-state index in [4.69, 9.17) is 0 Å². The molecule has 0 spiro atoms. The predicted octanol–water partition coefficient (Wildman–Crippen LogP) is 3.26. The Kier molecular flexibility index (Phi) is 3.52. The number of nitrogens with zero attached hydrogens (tertiary/aromatic N) is 1. The van der Waals surface area contributed by atoms with E-state index in [-0.39, 0.29) is 0 Å². The molecule has 0 amide bonds. The maximum atomic E-state index is 4.24. The van der Waals surface area contributed by atoms with Crippen LogP contribution in [-0.2, 0) is 0 Å². The predicted molar refractivity (Wildman–Crippen MR) is 54.4 cm³/mol. The lowest BCUT2D eigenvalue weighted by atomic mass is 10.2. The van der Waals surface area contributed by atoms with Crippen molar-refractivity contribution in [2.75, 3.05) is 0 Å². The van der Waals surface area contributed by atoms with E-state index in [0.717, 1.165) is 18.5 Å². The maximum absolute atomic E-state index is 4.24. The van der Waals surface area contributed by atoms with Crippen LogP contribution in [0.2, 0.25) is 0 Å². The monoisotopic (exact) mass is 161 g/mol. The van der Waals surface area contributed by atoms with Crippen LogP contribution in [0.5, 0.6) is 0 Å². The second-order valence-electron chi connectivity index (χ2n) is 2.94. The molecule has 0 aromatic carbocycles. The number of allylic oxidation sites excluding steroid dienone is 5. The number of hydrogen-bond donors (Lipinski definition) is 0. The molecule has 12 heavy (non-hydrogen) atoms. The molecule has 0 aromatic rings. The highest BCUT2D eigenvalue weighted by molar-refractivity contribution is 5.73. The SMILES string of the molecule is CC/C(C)=C\C=C1/CC=CC=N1. The van der Waals surface area contributed by atoms with E-state index in [2.05, 4.69) is 37.1 Å². The van der Waals surface area contributed by atoms with E-state index in [1.807, 2.05) is 12.3 Å². The fourth-order valence-corrected chi connectivity index (χ4v) is 0.908. The highest BCUT2D eigenvalue weighted by Crippen LogP contribution is 2.09. The van der Waals surface area contributed by atoms with Crippen molar-refractivity contribution in [3.63, 3.8) is 0 Å². The topological polar surface area (TPSA) is 12.4 Å². The van der Waals surface area contributed by atoms with E-state index < -0.39 is 0 Å². The molecular formula is C11H15N. The summed E-state index contributed by atoms with van der Waals surface area (Å²) in [6, 6.07) is 0. The van der Waals surface area contributed by atoms with Crippen LogP contribution in [-0.4, -0.2) is 6.21 Å².